The van der Waals surface area contributed by atoms with Gasteiger partial charge in [-0.3, -0.25) is 0 Å². The summed E-state index contributed by atoms with van der Waals surface area (Å²) >= 11 is 3.50. The highest BCUT2D eigenvalue weighted by molar-refractivity contribution is 9.09. The number of aliphatic hydroxyl groups is 1. The summed E-state index contributed by atoms with van der Waals surface area (Å²) in [5.74, 6) is 0.719. The molecule has 2 nitrogen and oxygen atoms in total. The molecule has 0 rings (SSSR count). The van der Waals surface area contributed by atoms with E-state index in [1.54, 1.807) is 0 Å². The van der Waals surface area contributed by atoms with Gasteiger partial charge in [-0.25, -0.2) is 0 Å². The molecule has 1 unspecified atom stereocenters. The van der Waals surface area contributed by atoms with Crippen LogP contribution in [-0.2, 0) is 0 Å². The lowest BCUT2D eigenvalue weighted by molar-refractivity contribution is 0.185. The second-order valence-electron chi connectivity index (χ2n) is 3.05. The Kier molecular flexibility index (Phi) is 8.29. The average molecular weight is 238 g/mol. The molecule has 0 saturated carbocycles. The summed E-state index contributed by atoms with van der Waals surface area (Å²) in [6.07, 6.45) is 1.20. The molecule has 1 N–H and O–H groups in total. The summed E-state index contributed by atoms with van der Waals surface area (Å²) in [6.45, 7) is 7.55. The number of hydrogen-bond donors (Lipinski definition) is 1. The Morgan fingerprint density at radius 1 is 1.42 bits per heavy atom. The van der Waals surface area contributed by atoms with Crippen LogP contribution < -0.4 is 0 Å². The molecule has 0 aliphatic heterocycles. The number of nitrogens with zero attached hydrogens (tertiary/aromatic N) is 1. The quantitative estimate of drug-likeness (QED) is 0.683. The molecule has 3 heteroatoms. The van der Waals surface area contributed by atoms with Gasteiger partial charge >= 0.3 is 0 Å². The Labute approximate surface area is 84.1 Å². The van der Waals surface area contributed by atoms with Gasteiger partial charge in [0.2, 0.25) is 0 Å². The largest absolute Gasteiger partial charge is 0.395 e. The van der Waals surface area contributed by atoms with E-state index in [1.807, 2.05) is 0 Å². The van der Waals surface area contributed by atoms with Gasteiger partial charge in [0.05, 0.1) is 6.61 Å². The van der Waals surface area contributed by atoms with E-state index < -0.39 is 0 Å². The fourth-order valence-electron chi connectivity index (χ4n) is 1.17. The summed E-state index contributed by atoms with van der Waals surface area (Å²) in [6, 6.07) is 0. The van der Waals surface area contributed by atoms with Crippen molar-refractivity contribution in [3.05, 3.63) is 0 Å². The van der Waals surface area contributed by atoms with Gasteiger partial charge in [-0.1, -0.05) is 36.2 Å². The van der Waals surface area contributed by atoms with Crippen molar-refractivity contribution in [3.8, 4) is 0 Å². The molecule has 0 aliphatic carbocycles. The van der Waals surface area contributed by atoms with Gasteiger partial charge in [-0.05, 0) is 12.5 Å². The molecule has 0 fully saturated rings. The molecule has 74 valence electrons. The van der Waals surface area contributed by atoms with Crippen LogP contribution in [0, 0.1) is 5.92 Å². The van der Waals surface area contributed by atoms with Gasteiger partial charge < -0.3 is 10.0 Å². The normalized spacial score (nSPS) is 13.8. The highest BCUT2D eigenvalue weighted by Crippen LogP contribution is 2.08. The van der Waals surface area contributed by atoms with Crippen molar-refractivity contribution < 1.29 is 5.11 Å². The maximum atomic E-state index is 8.77. The van der Waals surface area contributed by atoms with Crippen molar-refractivity contribution >= 4 is 15.9 Å². The van der Waals surface area contributed by atoms with Crippen molar-refractivity contribution in [2.45, 2.75) is 20.3 Å². The van der Waals surface area contributed by atoms with Crippen LogP contribution in [0.25, 0.3) is 0 Å². The first-order valence-corrected chi connectivity index (χ1v) is 5.79. The Balaban J connectivity index is 3.65. The molecular weight excluding hydrogens is 218 g/mol. The van der Waals surface area contributed by atoms with Crippen molar-refractivity contribution in [2.24, 2.45) is 5.92 Å². The lowest BCUT2D eigenvalue weighted by Crippen LogP contribution is -2.32. The van der Waals surface area contributed by atoms with Crippen molar-refractivity contribution in [3.63, 3.8) is 0 Å². The van der Waals surface area contributed by atoms with Crippen molar-refractivity contribution in [1.29, 1.82) is 0 Å². The Bertz CT molecular complexity index is 96.5. The predicted molar refractivity (Wildman–Crippen MR) is 56.8 cm³/mol. The van der Waals surface area contributed by atoms with Crippen LogP contribution in [0.2, 0.25) is 0 Å². The number of alkyl halides is 1. The lowest BCUT2D eigenvalue weighted by Gasteiger charge is -2.23. The van der Waals surface area contributed by atoms with Crippen molar-refractivity contribution in [1.82, 2.24) is 4.90 Å². The molecule has 0 saturated heterocycles. The Morgan fingerprint density at radius 3 is 2.42 bits per heavy atom. The number of likely N-dealkylation sites (N-methyl/N-ethyl adjacent to an activating group) is 1. The van der Waals surface area contributed by atoms with Crippen LogP contribution in [0.15, 0.2) is 0 Å². The smallest absolute Gasteiger partial charge is 0.0558 e. The molecule has 0 aromatic carbocycles. The van der Waals surface area contributed by atoms with E-state index in [2.05, 4.69) is 34.7 Å². The number of rotatable bonds is 7. The third-order valence-electron chi connectivity index (χ3n) is 2.18. The molecular formula is C9H20BrNO. The fourth-order valence-corrected chi connectivity index (χ4v) is 1.83. The minimum absolute atomic E-state index is 0.270. The van der Waals surface area contributed by atoms with Crippen LogP contribution in [0.5, 0.6) is 0 Å². The van der Waals surface area contributed by atoms with Gasteiger partial charge in [0, 0.05) is 18.4 Å². The van der Waals surface area contributed by atoms with Gasteiger partial charge in [0.25, 0.3) is 0 Å². The highest BCUT2D eigenvalue weighted by Gasteiger charge is 2.09. The molecule has 0 aliphatic rings. The van der Waals surface area contributed by atoms with E-state index >= 15 is 0 Å². The van der Waals surface area contributed by atoms with Gasteiger partial charge in [-0.15, -0.1) is 0 Å². The third-order valence-corrected chi connectivity index (χ3v) is 3.09. The number of halogens is 1. The minimum Gasteiger partial charge on any atom is -0.395 e. The van der Waals surface area contributed by atoms with Crippen LogP contribution in [0.1, 0.15) is 20.3 Å². The zero-order valence-electron chi connectivity index (χ0n) is 8.09. The fraction of sp³-hybridized carbons (Fsp3) is 1.00. The average Bonchev–Trinajstić information content (AvgIpc) is 2.12. The van der Waals surface area contributed by atoms with E-state index in [0.29, 0.717) is 0 Å². The van der Waals surface area contributed by atoms with Crippen LogP contribution in [0.4, 0.5) is 0 Å². The molecule has 0 heterocycles. The molecule has 12 heavy (non-hydrogen) atoms. The van der Waals surface area contributed by atoms with Crippen LogP contribution in [-0.4, -0.2) is 41.6 Å². The molecule has 0 aromatic rings. The van der Waals surface area contributed by atoms with Crippen molar-refractivity contribution in [2.75, 3.05) is 31.6 Å². The first kappa shape index (κ1) is 12.4. The summed E-state index contributed by atoms with van der Waals surface area (Å²) < 4.78 is 0. The topological polar surface area (TPSA) is 23.5 Å². The first-order chi connectivity index (χ1) is 5.78. The standard InChI is InChI=1S/C9H20BrNO/c1-3-9(7-10)8-11(4-2)5-6-12/h9,12H,3-8H2,1-2H3. The maximum Gasteiger partial charge on any atom is 0.0558 e. The molecule has 0 bridgehead atoms. The van der Waals surface area contributed by atoms with Crippen LogP contribution in [0.3, 0.4) is 0 Å². The second kappa shape index (κ2) is 8.02. The molecule has 0 amide bonds. The highest BCUT2D eigenvalue weighted by atomic mass is 79.9. The number of hydrogen-bond acceptors (Lipinski definition) is 2. The number of aliphatic hydroxyl groups excluding tert-OH is 1. The monoisotopic (exact) mass is 237 g/mol. The lowest BCUT2D eigenvalue weighted by atomic mass is 10.1. The Hall–Kier alpha value is 0.400. The van der Waals surface area contributed by atoms with E-state index in [0.717, 1.165) is 30.9 Å². The summed E-state index contributed by atoms with van der Waals surface area (Å²) in [5.41, 5.74) is 0. The summed E-state index contributed by atoms with van der Waals surface area (Å²) in [4.78, 5) is 2.29. The predicted octanol–water partition coefficient (Wildman–Crippen LogP) is 1.72. The third kappa shape index (κ3) is 5.12. The molecule has 0 spiro atoms. The van der Waals surface area contributed by atoms with Crippen LogP contribution >= 0.6 is 15.9 Å². The van der Waals surface area contributed by atoms with E-state index in [-0.39, 0.29) is 6.61 Å². The zero-order chi connectivity index (χ0) is 9.40. The SMILES string of the molecule is CCC(CBr)CN(CC)CCO. The minimum atomic E-state index is 0.270. The summed E-state index contributed by atoms with van der Waals surface area (Å²) in [5, 5.41) is 9.83. The molecule has 0 aromatic heterocycles. The molecule has 1 atom stereocenters. The first-order valence-electron chi connectivity index (χ1n) is 4.67. The van der Waals surface area contributed by atoms with E-state index in [9.17, 15) is 0 Å². The van der Waals surface area contributed by atoms with Gasteiger partial charge in [-0.2, -0.15) is 0 Å². The van der Waals surface area contributed by atoms with E-state index in [4.69, 9.17) is 5.11 Å². The van der Waals surface area contributed by atoms with Gasteiger partial charge in [0.15, 0.2) is 0 Å². The zero-order valence-corrected chi connectivity index (χ0v) is 9.68. The molecule has 0 radical (unpaired) electrons. The second-order valence-corrected chi connectivity index (χ2v) is 3.69. The summed E-state index contributed by atoms with van der Waals surface area (Å²) in [7, 11) is 0. The van der Waals surface area contributed by atoms with Gasteiger partial charge in [0.1, 0.15) is 0 Å². The van der Waals surface area contributed by atoms with E-state index in [1.165, 1.54) is 6.42 Å². The maximum absolute atomic E-state index is 8.77. The Morgan fingerprint density at radius 2 is 2.08 bits per heavy atom.